The van der Waals surface area contributed by atoms with Gasteiger partial charge in [-0.05, 0) is 61.4 Å². The van der Waals surface area contributed by atoms with Gasteiger partial charge in [0.2, 0.25) is 16.8 Å². The maximum absolute atomic E-state index is 13.9. The second-order valence-corrected chi connectivity index (χ2v) is 15.3. The molecule has 14 heteroatoms. The molecule has 46 heavy (non-hydrogen) atoms. The molecule has 1 aromatic rings. The summed E-state index contributed by atoms with van der Waals surface area (Å²) in [6.45, 7) is 5.72. The molecule has 0 radical (unpaired) electrons. The zero-order valence-corrected chi connectivity index (χ0v) is 27.2. The average molecular weight is 664 g/mol. The topological polar surface area (TPSA) is 168 Å². The van der Waals surface area contributed by atoms with Crippen LogP contribution in [0.2, 0.25) is 0 Å². The molecule has 1 aromatic carbocycles. The van der Waals surface area contributed by atoms with E-state index in [1.54, 1.807) is 24.3 Å². The van der Waals surface area contributed by atoms with E-state index in [4.69, 9.17) is 34.2 Å². The minimum Gasteiger partial charge on any atom is -0.492 e. The van der Waals surface area contributed by atoms with Crippen LogP contribution in [0.5, 0.6) is 5.75 Å². The standard InChI is InChI=1S/C32H45N3O10S/c1-20(2)16-35(46(38,39)23-7-8-27-28(14-23)44-19-43-27)17-26(36)25(13-21-3-5-22(6-4-21)40-12-10-33)34-31(37)45-29-15-32(29)18-42-30-24(32)9-11-41-30/h3-6,8,14,20,23-26,29-30,36H,7,9-13,15-19,33H2,1-2H3,(H,34,37)/t23?,24-,25-,26+,29?,30-,32?/m1/s1. The number of aliphatic hydroxyl groups excluding tert-OH is 1. The van der Waals surface area contributed by atoms with Crippen LogP contribution in [0.25, 0.3) is 0 Å². The summed E-state index contributed by atoms with van der Waals surface area (Å²) in [5, 5.41) is 13.6. The number of sulfonamides is 1. The Balaban J connectivity index is 1.17. The van der Waals surface area contributed by atoms with Crippen LogP contribution in [0.15, 0.2) is 47.9 Å². The lowest BCUT2D eigenvalue weighted by molar-refractivity contribution is -0.0906. The van der Waals surface area contributed by atoms with Gasteiger partial charge in [0, 0.05) is 31.0 Å². The Morgan fingerprint density at radius 1 is 1.17 bits per heavy atom. The van der Waals surface area contributed by atoms with E-state index < -0.39 is 33.5 Å². The van der Waals surface area contributed by atoms with E-state index in [0.29, 0.717) is 50.1 Å². The predicted octanol–water partition coefficient (Wildman–Crippen LogP) is 2.01. The molecule has 4 N–H and O–H groups in total. The van der Waals surface area contributed by atoms with Gasteiger partial charge in [0.05, 0.1) is 25.4 Å². The minimum absolute atomic E-state index is 0.0177. The molecule has 0 bridgehead atoms. The smallest absolute Gasteiger partial charge is 0.407 e. The normalized spacial score (nSPS) is 29.3. The van der Waals surface area contributed by atoms with Crippen LogP contribution < -0.4 is 15.8 Å². The van der Waals surface area contributed by atoms with E-state index in [-0.39, 0.29) is 62.4 Å². The maximum Gasteiger partial charge on any atom is 0.407 e. The SMILES string of the molecule is CC(C)CN(C[C@H](O)[C@@H](Cc1ccc(OCCN)cc1)NC(=O)OC1CC12CO[C@H]1OCC[C@H]12)S(=O)(=O)C1C=C2OCOC2=CC1. The van der Waals surface area contributed by atoms with E-state index in [1.165, 1.54) is 4.31 Å². The van der Waals surface area contributed by atoms with E-state index in [9.17, 15) is 18.3 Å². The Morgan fingerprint density at radius 2 is 1.96 bits per heavy atom. The lowest BCUT2D eigenvalue weighted by atomic mass is 9.90. The van der Waals surface area contributed by atoms with Gasteiger partial charge in [-0.15, -0.1) is 0 Å². The highest BCUT2D eigenvalue weighted by molar-refractivity contribution is 7.89. The Labute approximate surface area is 270 Å². The van der Waals surface area contributed by atoms with Crippen molar-refractivity contribution in [3.63, 3.8) is 0 Å². The van der Waals surface area contributed by atoms with Crippen molar-refractivity contribution in [2.45, 2.75) is 69.3 Å². The predicted molar refractivity (Wildman–Crippen MR) is 166 cm³/mol. The molecule has 2 aliphatic carbocycles. The number of rotatable bonds is 14. The van der Waals surface area contributed by atoms with E-state index in [1.807, 2.05) is 26.0 Å². The van der Waals surface area contributed by atoms with Crippen LogP contribution in [0.4, 0.5) is 4.79 Å². The number of amides is 1. The van der Waals surface area contributed by atoms with Crippen LogP contribution in [-0.4, -0.2) is 100.0 Å². The lowest BCUT2D eigenvalue weighted by Crippen LogP contribution is -2.52. The van der Waals surface area contributed by atoms with E-state index in [0.717, 1.165) is 12.0 Å². The first kappa shape index (κ1) is 33.0. The number of allylic oxidation sites excluding steroid dienone is 1. The number of carbonyl (C=O) groups is 1. The number of alkyl carbamates (subject to hydrolysis) is 1. The molecule has 1 amide bonds. The van der Waals surface area contributed by atoms with Gasteiger partial charge in [0.25, 0.3) is 0 Å². The molecule has 3 aliphatic heterocycles. The Hall–Kier alpha value is -2.88. The molecule has 3 saturated heterocycles. The third-order valence-corrected chi connectivity index (χ3v) is 11.5. The first-order valence-corrected chi connectivity index (χ1v) is 17.6. The maximum atomic E-state index is 13.9. The second-order valence-electron chi connectivity index (χ2n) is 13.1. The molecule has 254 valence electrons. The summed E-state index contributed by atoms with van der Waals surface area (Å²) in [4.78, 5) is 13.3. The van der Waals surface area contributed by atoms with Gasteiger partial charge < -0.3 is 44.6 Å². The van der Waals surface area contributed by atoms with Crippen molar-refractivity contribution in [3.05, 3.63) is 53.5 Å². The Morgan fingerprint density at radius 3 is 2.72 bits per heavy atom. The van der Waals surface area contributed by atoms with Gasteiger partial charge in [-0.3, -0.25) is 0 Å². The van der Waals surface area contributed by atoms with Crippen molar-refractivity contribution in [2.24, 2.45) is 23.0 Å². The molecule has 6 rings (SSSR count). The average Bonchev–Trinajstić information content (AvgIpc) is 3.41. The number of benzene rings is 1. The third kappa shape index (κ3) is 7.02. The van der Waals surface area contributed by atoms with Gasteiger partial charge >= 0.3 is 6.09 Å². The van der Waals surface area contributed by atoms with Crippen LogP contribution in [0, 0.1) is 17.3 Å². The highest BCUT2D eigenvalue weighted by atomic mass is 32.2. The van der Waals surface area contributed by atoms with Gasteiger partial charge in [-0.25, -0.2) is 13.2 Å². The number of ether oxygens (including phenoxy) is 6. The number of hydrogen-bond acceptors (Lipinski definition) is 11. The van der Waals surface area contributed by atoms with Gasteiger partial charge in [0.1, 0.15) is 23.7 Å². The summed E-state index contributed by atoms with van der Waals surface area (Å²) >= 11 is 0. The van der Waals surface area contributed by atoms with Crippen LogP contribution >= 0.6 is 0 Å². The zero-order chi connectivity index (χ0) is 32.5. The molecular formula is C32H45N3O10S. The quantitative estimate of drug-likeness (QED) is 0.266. The van der Waals surface area contributed by atoms with Crippen molar-refractivity contribution >= 4 is 16.1 Å². The van der Waals surface area contributed by atoms with Crippen LogP contribution in [-0.2, 0) is 40.1 Å². The van der Waals surface area contributed by atoms with E-state index in [2.05, 4.69) is 5.32 Å². The summed E-state index contributed by atoms with van der Waals surface area (Å²) in [6.07, 6.45) is 2.83. The highest BCUT2D eigenvalue weighted by Crippen LogP contribution is 2.62. The summed E-state index contributed by atoms with van der Waals surface area (Å²) in [6, 6.07) is 6.42. The monoisotopic (exact) mass is 663 g/mol. The number of aliphatic hydroxyl groups is 1. The zero-order valence-electron chi connectivity index (χ0n) is 26.3. The molecule has 1 spiro atoms. The van der Waals surface area contributed by atoms with Crippen LogP contribution in [0.3, 0.4) is 0 Å². The first-order chi connectivity index (χ1) is 22.1. The fraction of sp³-hybridized carbons (Fsp3) is 0.656. The van der Waals surface area contributed by atoms with Gasteiger partial charge in [-0.1, -0.05) is 26.0 Å². The third-order valence-electron chi connectivity index (χ3n) is 9.37. The number of fused-ring (bicyclic) bond motifs is 3. The summed E-state index contributed by atoms with van der Waals surface area (Å²) in [5.41, 5.74) is 6.12. The van der Waals surface area contributed by atoms with Crippen molar-refractivity contribution in [2.75, 3.05) is 46.2 Å². The molecule has 13 nitrogen and oxygen atoms in total. The molecule has 0 aromatic heterocycles. The van der Waals surface area contributed by atoms with Crippen molar-refractivity contribution in [3.8, 4) is 5.75 Å². The molecule has 3 unspecified atom stereocenters. The Kier molecular flexibility index (Phi) is 9.83. The summed E-state index contributed by atoms with van der Waals surface area (Å²) in [7, 11) is -3.91. The van der Waals surface area contributed by atoms with E-state index >= 15 is 0 Å². The molecular weight excluding hydrogens is 618 g/mol. The Bertz CT molecular complexity index is 1420. The molecule has 1 saturated carbocycles. The summed E-state index contributed by atoms with van der Waals surface area (Å²) in [5.74, 6) is 1.78. The van der Waals surface area contributed by atoms with Crippen molar-refractivity contribution in [1.82, 2.24) is 9.62 Å². The summed E-state index contributed by atoms with van der Waals surface area (Å²) < 4.78 is 62.9. The highest BCUT2D eigenvalue weighted by Gasteiger charge is 2.68. The lowest BCUT2D eigenvalue weighted by Gasteiger charge is -2.32. The minimum atomic E-state index is -3.91. The molecule has 5 aliphatic rings. The number of nitrogens with one attached hydrogen (secondary N) is 1. The molecule has 3 heterocycles. The van der Waals surface area contributed by atoms with Crippen LogP contribution in [0.1, 0.15) is 38.7 Å². The number of nitrogens with zero attached hydrogens (tertiary/aromatic N) is 1. The fourth-order valence-corrected chi connectivity index (χ4v) is 8.73. The van der Waals surface area contributed by atoms with Crippen molar-refractivity contribution in [1.29, 1.82) is 0 Å². The number of nitrogens with two attached hydrogens (primary N) is 1. The number of carbonyl (C=O) groups excluding carboxylic acids is 1. The first-order valence-electron chi connectivity index (χ1n) is 16.1. The molecule has 4 fully saturated rings. The largest absolute Gasteiger partial charge is 0.492 e. The second kappa shape index (κ2) is 13.7. The van der Waals surface area contributed by atoms with Gasteiger partial charge in [0.15, 0.2) is 17.8 Å². The van der Waals surface area contributed by atoms with Gasteiger partial charge in [-0.2, -0.15) is 4.31 Å². The van der Waals surface area contributed by atoms with Crippen molar-refractivity contribution < 1.29 is 46.7 Å². The molecule has 7 atom stereocenters. The fourth-order valence-electron chi connectivity index (χ4n) is 6.84. The number of hydrogen-bond donors (Lipinski definition) is 3.